The zero-order valence-electron chi connectivity index (χ0n) is 13.8. The molecule has 0 unspecified atom stereocenters. The van der Waals surface area contributed by atoms with Crippen molar-refractivity contribution in [3.05, 3.63) is 47.8 Å². The van der Waals surface area contributed by atoms with Gasteiger partial charge in [-0.25, -0.2) is 8.42 Å². The molecule has 0 bridgehead atoms. The summed E-state index contributed by atoms with van der Waals surface area (Å²) in [6, 6.07) is 7.50. The standard InChI is InChI=1S/C17H23N3O3S/c1-14-5-4-6-15(9-14)13-24(21,22)19-16-10-18-20(11-16)12-17-7-2-3-8-23-17/h4-6,9-11,17,19H,2-3,7-8,12-13H2,1H3/t17-/m1/s1. The zero-order chi connectivity index (χ0) is 17.0. The van der Waals surface area contributed by atoms with E-state index in [4.69, 9.17) is 4.74 Å². The molecule has 1 aliphatic rings. The van der Waals surface area contributed by atoms with E-state index in [2.05, 4.69) is 9.82 Å². The first-order valence-electron chi connectivity index (χ1n) is 8.20. The fourth-order valence-electron chi connectivity index (χ4n) is 2.91. The number of rotatable bonds is 6. The molecule has 1 fully saturated rings. The number of nitrogens with zero attached hydrogens (tertiary/aromatic N) is 2. The minimum atomic E-state index is -3.46. The molecular weight excluding hydrogens is 326 g/mol. The highest BCUT2D eigenvalue weighted by Gasteiger charge is 2.16. The quantitative estimate of drug-likeness (QED) is 0.870. The third-order valence-electron chi connectivity index (χ3n) is 4.01. The van der Waals surface area contributed by atoms with E-state index in [0.29, 0.717) is 12.2 Å². The van der Waals surface area contributed by atoms with Crippen LogP contribution in [0.25, 0.3) is 0 Å². The van der Waals surface area contributed by atoms with E-state index in [9.17, 15) is 8.42 Å². The van der Waals surface area contributed by atoms with Gasteiger partial charge in [0.05, 0.1) is 30.3 Å². The molecule has 130 valence electrons. The van der Waals surface area contributed by atoms with Crippen molar-refractivity contribution in [1.29, 1.82) is 0 Å². The summed E-state index contributed by atoms with van der Waals surface area (Å²) in [6.07, 6.45) is 6.72. The van der Waals surface area contributed by atoms with Crippen molar-refractivity contribution in [2.24, 2.45) is 0 Å². The summed E-state index contributed by atoms with van der Waals surface area (Å²) >= 11 is 0. The lowest BCUT2D eigenvalue weighted by atomic mass is 10.1. The van der Waals surface area contributed by atoms with Crippen LogP contribution in [0.4, 0.5) is 5.69 Å². The Morgan fingerprint density at radius 2 is 2.25 bits per heavy atom. The largest absolute Gasteiger partial charge is 0.376 e. The number of nitrogens with one attached hydrogen (secondary N) is 1. The average Bonchev–Trinajstić information content (AvgIpc) is 2.94. The minimum Gasteiger partial charge on any atom is -0.376 e. The molecule has 1 aromatic carbocycles. The second-order valence-electron chi connectivity index (χ2n) is 6.29. The number of aromatic nitrogens is 2. The molecule has 0 aliphatic carbocycles. The Hall–Kier alpha value is -1.86. The molecule has 2 aromatic rings. The zero-order valence-corrected chi connectivity index (χ0v) is 14.6. The SMILES string of the molecule is Cc1cccc(CS(=O)(=O)Nc2cnn(C[C@H]3CCCCO3)c2)c1. The van der Waals surface area contributed by atoms with Crippen molar-refractivity contribution in [3.8, 4) is 0 Å². The number of anilines is 1. The molecule has 7 heteroatoms. The van der Waals surface area contributed by atoms with E-state index < -0.39 is 10.0 Å². The van der Waals surface area contributed by atoms with Gasteiger partial charge in [0.2, 0.25) is 10.0 Å². The predicted molar refractivity (Wildman–Crippen MR) is 93.2 cm³/mol. The van der Waals surface area contributed by atoms with Crippen LogP contribution < -0.4 is 4.72 Å². The van der Waals surface area contributed by atoms with Gasteiger partial charge < -0.3 is 4.74 Å². The summed E-state index contributed by atoms with van der Waals surface area (Å²) in [6.45, 7) is 3.39. The number of ether oxygens (including phenoxy) is 1. The normalized spacial score (nSPS) is 18.5. The van der Waals surface area contributed by atoms with Crippen LogP contribution in [0.15, 0.2) is 36.7 Å². The smallest absolute Gasteiger partial charge is 0.237 e. The Morgan fingerprint density at radius 3 is 3.00 bits per heavy atom. The van der Waals surface area contributed by atoms with Crippen LogP contribution in [0, 0.1) is 6.92 Å². The molecular formula is C17H23N3O3S. The highest BCUT2D eigenvalue weighted by molar-refractivity contribution is 7.91. The topological polar surface area (TPSA) is 73.2 Å². The molecule has 1 aromatic heterocycles. The molecule has 0 radical (unpaired) electrons. The molecule has 0 saturated carbocycles. The second-order valence-corrected chi connectivity index (χ2v) is 8.01. The van der Waals surface area contributed by atoms with Crippen molar-refractivity contribution in [1.82, 2.24) is 9.78 Å². The molecule has 0 amide bonds. The maximum atomic E-state index is 12.3. The van der Waals surface area contributed by atoms with Crippen molar-refractivity contribution in [2.45, 2.75) is 44.6 Å². The first-order chi connectivity index (χ1) is 11.5. The fourth-order valence-corrected chi connectivity index (χ4v) is 4.07. The lowest BCUT2D eigenvalue weighted by Gasteiger charge is -2.22. The Balaban J connectivity index is 1.60. The van der Waals surface area contributed by atoms with E-state index in [0.717, 1.165) is 30.6 Å². The first-order valence-corrected chi connectivity index (χ1v) is 9.85. The average molecular weight is 349 g/mol. The van der Waals surface area contributed by atoms with Gasteiger partial charge in [0.1, 0.15) is 0 Å². The number of hydrogen-bond donors (Lipinski definition) is 1. The Morgan fingerprint density at radius 1 is 1.38 bits per heavy atom. The summed E-state index contributed by atoms with van der Waals surface area (Å²) < 4.78 is 34.6. The lowest BCUT2D eigenvalue weighted by molar-refractivity contribution is 0.00401. The Bertz CT molecular complexity index is 780. The Labute approximate surface area is 142 Å². The highest BCUT2D eigenvalue weighted by Crippen LogP contribution is 2.16. The van der Waals surface area contributed by atoms with Crippen LogP contribution in [0.2, 0.25) is 0 Å². The molecule has 2 heterocycles. The van der Waals surface area contributed by atoms with Crippen LogP contribution in [0.5, 0.6) is 0 Å². The van der Waals surface area contributed by atoms with Crippen molar-refractivity contribution < 1.29 is 13.2 Å². The molecule has 3 rings (SSSR count). The lowest BCUT2D eigenvalue weighted by Crippen LogP contribution is -2.24. The van der Waals surface area contributed by atoms with Gasteiger partial charge in [-0.3, -0.25) is 9.40 Å². The molecule has 1 saturated heterocycles. The molecule has 24 heavy (non-hydrogen) atoms. The summed E-state index contributed by atoms with van der Waals surface area (Å²) in [4.78, 5) is 0. The van der Waals surface area contributed by atoms with Gasteiger partial charge in [-0.1, -0.05) is 29.8 Å². The van der Waals surface area contributed by atoms with Crippen LogP contribution in [-0.2, 0) is 27.1 Å². The van der Waals surface area contributed by atoms with E-state index in [-0.39, 0.29) is 11.9 Å². The van der Waals surface area contributed by atoms with Crippen LogP contribution in [0.3, 0.4) is 0 Å². The van der Waals surface area contributed by atoms with Gasteiger partial charge >= 0.3 is 0 Å². The summed E-state index contributed by atoms with van der Waals surface area (Å²) in [5.41, 5.74) is 2.30. The number of sulfonamides is 1. The maximum absolute atomic E-state index is 12.3. The third kappa shape index (κ3) is 4.82. The van der Waals surface area contributed by atoms with Gasteiger partial charge in [-0.2, -0.15) is 5.10 Å². The van der Waals surface area contributed by atoms with Gasteiger partial charge in [-0.15, -0.1) is 0 Å². The highest BCUT2D eigenvalue weighted by atomic mass is 32.2. The van der Waals surface area contributed by atoms with E-state index >= 15 is 0 Å². The van der Waals surface area contributed by atoms with E-state index in [1.165, 1.54) is 12.6 Å². The number of hydrogen-bond acceptors (Lipinski definition) is 4. The molecule has 6 nitrogen and oxygen atoms in total. The summed E-state index contributed by atoms with van der Waals surface area (Å²) in [7, 11) is -3.46. The van der Waals surface area contributed by atoms with Gasteiger partial charge in [-0.05, 0) is 31.7 Å². The van der Waals surface area contributed by atoms with E-state index in [1.54, 1.807) is 10.9 Å². The minimum absolute atomic E-state index is 0.0500. The van der Waals surface area contributed by atoms with Gasteiger partial charge in [0, 0.05) is 12.8 Å². The second kappa shape index (κ2) is 7.36. The molecule has 1 N–H and O–H groups in total. The predicted octanol–water partition coefficient (Wildman–Crippen LogP) is 2.70. The first kappa shape index (κ1) is 17.0. The van der Waals surface area contributed by atoms with Crippen molar-refractivity contribution in [2.75, 3.05) is 11.3 Å². The maximum Gasteiger partial charge on any atom is 0.237 e. The van der Waals surface area contributed by atoms with Gasteiger partial charge in [0.15, 0.2) is 0 Å². The van der Waals surface area contributed by atoms with Crippen LogP contribution >= 0.6 is 0 Å². The monoisotopic (exact) mass is 349 g/mol. The summed E-state index contributed by atoms with van der Waals surface area (Å²) in [5.74, 6) is -0.0500. The molecule has 1 atom stereocenters. The van der Waals surface area contributed by atoms with Crippen molar-refractivity contribution in [3.63, 3.8) is 0 Å². The molecule has 1 aliphatic heterocycles. The number of aryl methyl sites for hydroxylation is 1. The Kier molecular flexibility index (Phi) is 5.20. The van der Waals surface area contributed by atoms with Crippen LogP contribution in [-0.4, -0.2) is 30.9 Å². The summed E-state index contributed by atoms with van der Waals surface area (Å²) in [5, 5.41) is 4.23. The molecule has 0 spiro atoms. The van der Waals surface area contributed by atoms with E-state index in [1.807, 2.05) is 31.2 Å². The third-order valence-corrected chi connectivity index (χ3v) is 5.27. The van der Waals surface area contributed by atoms with Gasteiger partial charge in [0.25, 0.3) is 0 Å². The van der Waals surface area contributed by atoms with Crippen LogP contribution in [0.1, 0.15) is 30.4 Å². The number of benzene rings is 1. The fraction of sp³-hybridized carbons (Fsp3) is 0.471. The van der Waals surface area contributed by atoms with Crippen molar-refractivity contribution >= 4 is 15.7 Å².